The summed E-state index contributed by atoms with van der Waals surface area (Å²) in [5.41, 5.74) is 0.335. The van der Waals surface area contributed by atoms with Gasteiger partial charge in [0.1, 0.15) is 11.3 Å². The first-order valence-corrected chi connectivity index (χ1v) is 10.5. The maximum atomic E-state index is 12.7. The number of piperidine rings is 1. The first kappa shape index (κ1) is 25.9. The molecule has 34 heavy (non-hydrogen) atoms. The lowest BCUT2D eigenvalue weighted by Gasteiger charge is -2.45. The average Bonchev–Trinajstić information content (AvgIpc) is 3.12. The predicted molar refractivity (Wildman–Crippen MR) is 106 cm³/mol. The number of benzene rings is 1. The second kappa shape index (κ2) is 9.51. The van der Waals surface area contributed by atoms with Gasteiger partial charge in [-0.1, -0.05) is 6.07 Å². The van der Waals surface area contributed by atoms with E-state index in [1.54, 1.807) is 12.1 Å². The molecule has 0 radical (unpaired) electrons. The molecule has 2 saturated heterocycles. The number of hydrogen-bond donors (Lipinski definition) is 1. The number of nitrogens with zero attached hydrogens (tertiary/aromatic N) is 2. The smallest absolute Gasteiger partial charge is 0.434 e. The van der Waals surface area contributed by atoms with Gasteiger partial charge in [-0.25, -0.2) is 9.59 Å². The fourth-order valence-corrected chi connectivity index (χ4v) is 4.65. The summed E-state index contributed by atoms with van der Waals surface area (Å²) < 4.78 is 85.1. The van der Waals surface area contributed by atoms with Gasteiger partial charge < -0.3 is 19.5 Å². The topological polar surface area (TPSA) is 79.3 Å². The van der Waals surface area contributed by atoms with E-state index in [1.165, 1.54) is 13.2 Å². The van der Waals surface area contributed by atoms with Crippen molar-refractivity contribution < 1.29 is 50.5 Å². The lowest BCUT2D eigenvalue weighted by Crippen LogP contribution is -2.54. The van der Waals surface area contributed by atoms with E-state index >= 15 is 0 Å². The molecule has 190 valence electrons. The molecule has 2 heterocycles. The second-order valence-electron chi connectivity index (χ2n) is 8.42. The third-order valence-corrected chi connectivity index (χ3v) is 6.37. The predicted octanol–water partition coefficient (Wildman–Crippen LogP) is 4.45. The number of methoxy groups -OCH3 is 1. The molecule has 7 nitrogen and oxygen atoms in total. The summed E-state index contributed by atoms with van der Waals surface area (Å²) in [5, 5.41) is 9.38. The lowest BCUT2D eigenvalue weighted by atomic mass is 9.85. The van der Waals surface area contributed by atoms with Gasteiger partial charge in [0.15, 0.2) is 0 Å². The number of carboxylic acids is 1. The van der Waals surface area contributed by atoms with E-state index in [9.17, 15) is 41.0 Å². The molecule has 2 aliphatic rings. The highest BCUT2D eigenvalue weighted by Gasteiger charge is 2.60. The Labute approximate surface area is 191 Å². The van der Waals surface area contributed by atoms with Crippen molar-refractivity contribution in [3.05, 3.63) is 29.3 Å². The van der Waals surface area contributed by atoms with Crippen LogP contribution in [0.2, 0.25) is 0 Å². The number of ether oxygens (including phenoxy) is 2. The molecule has 1 aromatic rings. The zero-order valence-corrected chi connectivity index (χ0v) is 18.2. The number of amides is 1. The van der Waals surface area contributed by atoms with E-state index in [1.807, 2.05) is 0 Å². The van der Waals surface area contributed by atoms with Gasteiger partial charge in [-0.15, -0.1) is 0 Å². The Hall–Kier alpha value is -2.70. The summed E-state index contributed by atoms with van der Waals surface area (Å²) in [5.74, 6) is -0.923. The van der Waals surface area contributed by atoms with Crippen molar-refractivity contribution in [1.29, 1.82) is 0 Å². The molecule has 0 bridgehead atoms. The van der Waals surface area contributed by atoms with Gasteiger partial charge in [0.05, 0.1) is 7.11 Å². The van der Waals surface area contributed by atoms with Crippen LogP contribution in [-0.4, -0.2) is 77.7 Å². The fraction of sp³-hybridized carbons (Fsp3) is 0.619. The molecule has 13 heteroatoms. The summed E-state index contributed by atoms with van der Waals surface area (Å²) >= 11 is 0. The molecule has 1 amide bonds. The molecule has 1 aromatic carbocycles. The van der Waals surface area contributed by atoms with Crippen LogP contribution in [0.1, 0.15) is 41.6 Å². The minimum atomic E-state index is -5.76. The number of aromatic carboxylic acids is 1. The number of halogens is 6. The minimum Gasteiger partial charge on any atom is -0.496 e. The number of alkyl halides is 6. The van der Waals surface area contributed by atoms with Crippen LogP contribution < -0.4 is 4.74 Å². The van der Waals surface area contributed by atoms with Crippen molar-refractivity contribution in [3.8, 4) is 5.75 Å². The number of rotatable bonds is 5. The summed E-state index contributed by atoms with van der Waals surface area (Å²) in [6.07, 6.45) is -15.1. The van der Waals surface area contributed by atoms with Gasteiger partial charge in [-0.05, 0) is 49.9 Å². The largest absolute Gasteiger partial charge is 0.496 e. The van der Waals surface area contributed by atoms with Crippen LogP contribution in [0.5, 0.6) is 5.75 Å². The first-order valence-electron chi connectivity index (χ1n) is 10.5. The second-order valence-corrected chi connectivity index (χ2v) is 8.42. The van der Waals surface area contributed by atoms with Crippen molar-refractivity contribution in [2.75, 3.05) is 26.7 Å². The molecular formula is C21H24F6N2O5. The van der Waals surface area contributed by atoms with E-state index < -0.39 is 36.1 Å². The molecule has 0 aliphatic carbocycles. The average molecular weight is 498 g/mol. The van der Waals surface area contributed by atoms with E-state index in [4.69, 9.17) is 4.74 Å². The molecule has 0 aromatic heterocycles. The summed E-state index contributed by atoms with van der Waals surface area (Å²) in [6.45, 7) is 0.976. The van der Waals surface area contributed by atoms with Crippen molar-refractivity contribution >= 4 is 12.1 Å². The molecule has 2 aliphatic heterocycles. The fourth-order valence-electron chi connectivity index (χ4n) is 4.65. The van der Waals surface area contributed by atoms with Crippen LogP contribution in [-0.2, 0) is 11.3 Å². The zero-order valence-electron chi connectivity index (χ0n) is 18.2. The summed E-state index contributed by atoms with van der Waals surface area (Å²) in [6, 6.07) is 4.80. The number of carbonyl (C=O) groups excluding carboxylic acids is 1. The van der Waals surface area contributed by atoms with Crippen molar-refractivity contribution in [2.24, 2.45) is 0 Å². The van der Waals surface area contributed by atoms with Crippen molar-refractivity contribution in [1.82, 2.24) is 9.80 Å². The molecule has 2 fully saturated rings. The quantitative estimate of drug-likeness (QED) is 0.605. The maximum Gasteiger partial charge on any atom is 0.434 e. The highest BCUT2D eigenvalue weighted by Crippen LogP contribution is 2.41. The van der Waals surface area contributed by atoms with E-state index in [-0.39, 0.29) is 24.4 Å². The molecule has 3 rings (SSSR count). The van der Waals surface area contributed by atoms with Gasteiger partial charge in [0.25, 0.3) is 6.10 Å². The highest BCUT2D eigenvalue weighted by atomic mass is 19.4. The Morgan fingerprint density at radius 2 is 1.68 bits per heavy atom. The summed E-state index contributed by atoms with van der Waals surface area (Å²) in [4.78, 5) is 26.5. The number of likely N-dealkylation sites (tertiary alicyclic amines) is 2. The number of hydrogen-bond acceptors (Lipinski definition) is 5. The Balaban J connectivity index is 1.66. The van der Waals surface area contributed by atoms with E-state index in [0.717, 1.165) is 23.3 Å². The number of carbonyl (C=O) groups is 2. The van der Waals surface area contributed by atoms with E-state index in [0.29, 0.717) is 25.9 Å². The molecule has 1 N–H and O–H groups in total. The van der Waals surface area contributed by atoms with Crippen LogP contribution in [0.25, 0.3) is 0 Å². The molecule has 0 atom stereocenters. The Morgan fingerprint density at radius 1 is 1.06 bits per heavy atom. The van der Waals surface area contributed by atoms with Crippen LogP contribution in [0.15, 0.2) is 18.2 Å². The van der Waals surface area contributed by atoms with Crippen molar-refractivity contribution in [2.45, 2.75) is 56.2 Å². The van der Waals surface area contributed by atoms with Gasteiger partial charge in [-0.3, -0.25) is 4.90 Å². The zero-order chi connectivity index (χ0) is 25.3. The summed E-state index contributed by atoms with van der Waals surface area (Å²) in [7, 11) is 1.36. The Morgan fingerprint density at radius 3 is 2.21 bits per heavy atom. The molecule has 0 unspecified atom stereocenters. The SMILES string of the molecule is COc1ccc(CN2CCCC23CCN(C(=O)OC(C(F)(F)F)C(F)(F)F)CC3)cc1C(=O)O. The van der Waals surface area contributed by atoms with Crippen LogP contribution in [0.3, 0.4) is 0 Å². The van der Waals surface area contributed by atoms with E-state index in [2.05, 4.69) is 9.64 Å². The standard InChI is InChI=1S/C21H24F6N2O5/c1-33-15-4-3-13(11-14(15)16(30)31)12-29-8-2-5-19(29)6-9-28(10-7-19)18(32)34-17(20(22,23)24)21(25,26)27/h3-4,11,17H,2,5-10,12H2,1H3,(H,30,31). The Bertz CT molecular complexity index is 898. The maximum absolute atomic E-state index is 12.7. The third-order valence-electron chi connectivity index (χ3n) is 6.37. The van der Waals surface area contributed by atoms with Crippen LogP contribution >= 0.6 is 0 Å². The molecule has 0 saturated carbocycles. The van der Waals surface area contributed by atoms with Gasteiger partial charge >= 0.3 is 24.4 Å². The van der Waals surface area contributed by atoms with Gasteiger partial charge in [0, 0.05) is 25.2 Å². The lowest BCUT2D eigenvalue weighted by molar-refractivity contribution is -0.308. The molecular weight excluding hydrogens is 474 g/mol. The normalized spacial score (nSPS) is 19.0. The minimum absolute atomic E-state index is 0.00898. The van der Waals surface area contributed by atoms with Crippen LogP contribution in [0.4, 0.5) is 31.1 Å². The van der Waals surface area contributed by atoms with Gasteiger partial charge in [0.2, 0.25) is 0 Å². The number of carboxylic acid groups (broad SMARTS) is 1. The first-order chi connectivity index (χ1) is 15.8. The van der Waals surface area contributed by atoms with Crippen LogP contribution in [0, 0.1) is 0 Å². The van der Waals surface area contributed by atoms with Crippen molar-refractivity contribution in [3.63, 3.8) is 0 Å². The Kier molecular flexibility index (Phi) is 7.25. The molecule has 1 spiro atoms. The highest BCUT2D eigenvalue weighted by molar-refractivity contribution is 5.91. The third kappa shape index (κ3) is 5.50. The van der Waals surface area contributed by atoms with Gasteiger partial charge in [-0.2, -0.15) is 26.3 Å². The monoisotopic (exact) mass is 498 g/mol.